The van der Waals surface area contributed by atoms with Gasteiger partial charge < -0.3 is 15.0 Å². The average Bonchev–Trinajstić information content (AvgIpc) is 2.65. The van der Waals surface area contributed by atoms with E-state index < -0.39 is 21.9 Å². The number of sulfonamides is 1. The highest BCUT2D eigenvalue weighted by molar-refractivity contribution is 7.90. The Hall–Kier alpha value is -3.20. The number of anilines is 2. The first-order valence-corrected chi connectivity index (χ1v) is 9.58. The Morgan fingerprint density at radius 2 is 1.81 bits per heavy atom. The van der Waals surface area contributed by atoms with Crippen LogP contribution in [-0.4, -0.2) is 39.8 Å². The van der Waals surface area contributed by atoms with Crippen LogP contribution in [0.1, 0.15) is 17.3 Å². The van der Waals surface area contributed by atoms with Crippen molar-refractivity contribution in [3.8, 4) is 0 Å². The third-order valence-electron chi connectivity index (χ3n) is 3.79. The number of hydrogen-bond donors (Lipinski definition) is 1. The van der Waals surface area contributed by atoms with Crippen LogP contribution >= 0.6 is 0 Å². The molecular formula is C18H17N3O5S. The molecule has 1 N–H and O–H groups in total. The minimum Gasteiger partial charge on any atom is -0.462 e. The molecule has 2 aromatic rings. The predicted octanol–water partition coefficient (Wildman–Crippen LogP) is 2.04. The van der Waals surface area contributed by atoms with E-state index >= 15 is 0 Å². The van der Waals surface area contributed by atoms with Crippen molar-refractivity contribution in [2.24, 2.45) is 4.40 Å². The number of rotatable bonds is 5. The molecule has 3 rings (SSSR count). The van der Waals surface area contributed by atoms with Gasteiger partial charge in [0.05, 0.1) is 23.5 Å². The van der Waals surface area contributed by atoms with Crippen molar-refractivity contribution >= 4 is 39.6 Å². The molecule has 0 saturated heterocycles. The molecule has 8 nitrogen and oxygen atoms in total. The number of para-hydroxylation sites is 2. The van der Waals surface area contributed by atoms with Crippen LogP contribution < -0.4 is 10.2 Å². The van der Waals surface area contributed by atoms with E-state index in [1.165, 1.54) is 11.0 Å². The van der Waals surface area contributed by atoms with Gasteiger partial charge in [-0.2, -0.15) is 8.42 Å². The Kier molecular flexibility index (Phi) is 5.22. The number of ether oxygens (including phenoxy) is 1. The zero-order valence-corrected chi connectivity index (χ0v) is 15.3. The quantitative estimate of drug-likeness (QED) is 0.787. The van der Waals surface area contributed by atoms with Gasteiger partial charge in [-0.15, -0.1) is 4.40 Å². The third kappa shape index (κ3) is 3.98. The first kappa shape index (κ1) is 18.6. The Morgan fingerprint density at radius 1 is 1.11 bits per heavy atom. The van der Waals surface area contributed by atoms with E-state index in [1.54, 1.807) is 49.4 Å². The van der Waals surface area contributed by atoms with Gasteiger partial charge in [-0.3, -0.25) is 4.79 Å². The van der Waals surface area contributed by atoms with Gasteiger partial charge in [-0.25, -0.2) is 4.79 Å². The molecule has 0 aliphatic carbocycles. The summed E-state index contributed by atoms with van der Waals surface area (Å²) in [6.45, 7) is 1.74. The maximum absolute atomic E-state index is 12.5. The molecule has 2 aromatic carbocycles. The van der Waals surface area contributed by atoms with Crippen LogP contribution in [0.3, 0.4) is 0 Å². The van der Waals surface area contributed by atoms with Gasteiger partial charge in [0.2, 0.25) is 5.91 Å². The van der Waals surface area contributed by atoms with Crippen LogP contribution in [0.2, 0.25) is 0 Å². The van der Waals surface area contributed by atoms with Crippen LogP contribution in [0.15, 0.2) is 57.8 Å². The summed E-state index contributed by atoms with van der Waals surface area (Å²) >= 11 is 0. The van der Waals surface area contributed by atoms with Crippen LogP contribution in [0.5, 0.6) is 0 Å². The van der Waals surface area contributed by atoms with Gasteiger partial charge in [-0.1, -0.05) is 24.3 Å². The molecule has 1 amide bonds. The molecule has 0 aromatic heterocycles. The number of benzene rings is 2. The lowest BCUT2D eigenvalue weighted by molar-refractivity contribution is -0.114. The molecule has 0 saturated carbocycles. The Balaban J connectivity index is 1.79. The Morgan fingerprint density at radius 3 is 2.59 bits per heavy atom. The standard InChI is InChI=1S/C18H17N3O5S/c1-2-26-18(23)13-7-3-4-8-14(13)20-17(22)11-21-12-19-27(24,25)16-10-6-5-9-15(16)21/h3-10,12H,2,11H2,1H3,(H,20,22). The summed E-state index contributed by atoms with van der Waals surface area (Å²) in [6, 6.07) is 12.8. The van der Waals surface area contributed by atoms with Gasteiger partial charge in [-0.05, 0) is 31.2 Å². The number of esters is 1. The van der Waals surface area contributed by atoms with Crippen molar-refractivity contribution < 1.29 is 22.7 Å². The fourth-order valence-corrected chi connectivity index (χ4v) is 3.65. The fraction of sp³-hybridized carbons (Fsp3) is 0.167. The first-order chi connectivity index (χ1) is 12.9. The molecule has 140 valence electrons. The van der Waals surface area contributed by atoms with Gasteiger partial charge >= 0.3 is 5.97 Å². The van der Waals surface area contributed by atoms with E-state index in [-0.39, 0.29) is 23.6 Å². The van der Waals surface area contributed by atoms with E-state index in [9.17, 15) is 18.0 Å². The number of hydrogen-bond acceptors (Lipinski definition) is 6. The lowest BCUT2D eigenvalue weighted by Crippen LogP contribution is -2.35. The molecule has 1 aliphatic rings. The number of nitrogens with one attached hydrogen (secondary N) is 1. The summed E-state index contributed by atoms with van der Waals surface area (Å²) in [6.07, 6.45) is 1.11. The smallest absolute Gasteiger partial charge is 0.340 e. The molecule has 0 spiro atoms. The monoisotopic (exact) mass is 387 g/mol. The SMILES string of the molecule is CCOC(=O)c1ccccc1NC(=O)CN1C=NS(=O)(=O)c2ccccc21. The number of amides is 1. The van der Waals surface area contributed by atoms with Crippen LogP contribution in [0.4, 0.5) is 11.4 Å². The normalized spacial score (nSPS) is 14.3. The molecule has 1 aliphatic heterocycles. The molecule has 9 heteroatoms. The number of carbonyl (C=O) groups excluding carboxylic acids is 2. The topological polar surface area (TPSA) is 105 Å². The van der Waals surface area contributed by atoms with Crippen molar-refractivity contribution in [1.29, 1.82) is 0 Å². The molecular weight excluding hydrogens is 370 g/mol. The summed E-state index contributed by atoms with van der Waals surface area (Å²) < 4.78 is 32.5. The molecule has 0 atom stereocenters. The third-order valence-corrected chi connectivity index (χ3v) is 5.06. The summed E-state index contributed by atoms with van der Waals surface area (Å²) in [7, 11) is -3.76. The highest BCUT2D eigenvalue weighted by Gasteiger charge is 2.26. The first-order valence-electron chi connectivity index (χ1n) is 8.14. The van der Waals surface area contributed by atoms with Gasteiger partial charge in [0.15, 0.2) is 0 Å². The van der Waals surface area contributed by atoms with E-state index in [1.807, 2.05) is 0 Å². The molecule has 0 unspecified atom stereocenters. The molecule has 27 heavy (non-hydrogen) atoms. The van der Waals surface area contributed by atoms with Crippen molar-refractivity contribution in [2.75, 3.05) is 23.4 Å². The maximum atomic E-state index is 12.5. The minimum atomic E-state index is -3.76. The highest BCUT2D eigenvalue weighted by Crippen LogP contribution is 2.29. The molecule has 0 fully saturated rings. The van der Waals surface area contributed by atoms with E-state index in [0.29, 0.717) is 11.4 Å². The number of carbonyl (C=O) groups is 2. The fourth-order valence-electron chi connectivity index (χ4n) is 2.60. The van der Waals surface area contributed by atoms with E-state index in [4.69, 9.17) is 4.74 Å². The molecule has 1 heterocycles. The zero-order chi connectivity index (χ0) is 19.4. The molecule has 0 radical (unpaired) electrons. The highest BCUT2D eigenvalue weighted by atomic mass is 32.2. The van der Waals surface area contributed by atoms with Gasteiger partial charge in [0.25, 0.3) is 10.0 Å². The zero-order valence-electron chi connectivity index (χ0n) is 14.5. The second kappa shape index (κ2) is 7.58. The average molecular weight is 387 g/mol. The lowest BCUT2D eigenvalue weighted by atomic mass is 10.2. The van der Waals surface area contributed by atoms with Crippen molar-refractivity contribution in [3.05, 3.63) is 54.1 Å². The summed E-state index contributed by atoms with van der Waals surface area (Å²) in [5.41, 5.74) is 0.917. The Labute approximate surface area is 156 Å². The summed E-state index contributed by atoms with van der Waals surface area (Å²) in [5.74, 6) is -0.975. The predicted molar refractivity (Wildman–Crippen MR) is 100 cm³/mol. The number of fused-ring (bicyclic) bond motifs is 1. The van der Waals surface area contributed by atoms with E-state index in [0.717, 1.165) is 6.34 Å². The van der Waals surface area contributed by atoms with Crippen molar-refractivity contribution in [3.63, 3.8) is 0 Å². The van der Waals surface area contributed by atoms with Crippen LogP contribution in [0, 0.1) is 0 Å². The van der Waals surface area contributed by atoms with Crippen molar-refractivity contribution in [1.82, 2.24) is 0 Å². The summed E-state index contributed by atoms with van der Waals surface area (Å²) in [4.78, 5) is 25.9. The second-order valence-corrected chi connectivity index (χ2v) is 7.21. The van der Waals surface area contributed by atoms with Crippen LogP contribution in [0.25, 0.3) is 0 Å². The van der Waals surface area contributed by atoms with E-state index in [2.05, 4.69) is 9.71 Å². The largest absolute Gasteiger partial charge is 0.462 e. The van der Waals surface area contributed by atoms with Crippen LogP contribution in [-0.2, 0) is 19.6 Å². The van der Waals surface area contributed by atoms with Gasteiger partial charge in [0.1, 0.15) is 17.8 Å². The number of nitrogens with zero attached hydrogens (tertiary/aromatic N) is 2. The minimum absolute atomic E-state index is 0.0345. The van der Waals surface area contributed by atoms with Crippen molar-refractivity contribution in [2.45, 2.75) is 11.8 Å². The second-order valence-electron chi connectivity index (χ2n) is 5.61. The van der Waals surface area contributed by atoms with Gasteiger partial charge in [0, 0.05) is 0 Å². The Bertz CT molecular complexity index is 1020. The lowest BCUT2D eigenvalue weighted by Gasteiger charge is -2.24. The molecule has 0 bridgehead atoms. The maximum Gasteiger partial charge on any atom is 0.340 e. The summed E-state index contributed by atoms with van der Waals surface area (Å²) in [5, 5.41) is 2.66.